The molecule has 0 aromatic heterocycles. The van der Waals surface area contributed by atoms with E-state index < -0.39 is 97.5 Å². The van der Waals surface area contributed by atoms with E-state index in [9.17, 15) is 43.2 Å². The summed E-state index contributed by atoms with van der Waals surface area (Å²) in [4.78, 5) is 73.3. The van der Waals surface area contributed by atoms with E-state index in [1.807, 2.05) is 0 Å². The fourth-order valence-electron chi connectivity index (χ4n) is 13.6. The highest BCUT2D eigenvalue weighted by Crippen LogP contribution is 2.45. The highest BCUT2D eigenvalue weighted by atomic mass is 31.2. The van der Waals surface area contributed by atoms with Crippen molar-refractivity contribution in [2.45, 2.75) is 478 Å². The molecule has 0 saturated heterocycles. The van der Waals surface area contributed by atoms with Crippen LogP contribution in [0.3, 0.4) is 0 Å². The molecule has 19 heteroatoms. The quantitative estimate of drug-likeness (QED) is 0.0222. The summed E-state index contributed by atoms with van der Waals surface area (Å²) >= 11 is 0. The minimum Gasteiger partial charge on any atom is -0.462 e. The van der Waals surface area contributed by atoms with Crippen molar-refractivity contribution in [1.29, 1.82) is 0 Å². The first-order chi connectivity index (χ1) is 51.7. The van der Waals surface area contributed by atoms with Gasteiger partial charge in [0.25, 0.3) is 0 Å². The van der Waals surface area contributed by atoms with Gasteiger partial charge in [-0.05, 0) is 49.4 Å². The van der Waals surface area contributed by atoms with Gasteiger partial charge in [-0.25, -0.2) is 9.13 Å². The molecule has 0 spiro atoms. The standard InChI is InChI=1S/C88H172O17P2/c1-9-80(7)66-58-50-42-34-28-22-15-13-11-12-14-16-24-30-36-44-52-60-68-85(90)98-74-83(104-87(92)70-62-54-45-37-31-25-19-17-21-27-33-40-48-56-64-78(3)4)76-102-106(94,95)100-72-82(89)73-101-107(96,97)103-77-84(75-99-86(91)69-61-53-47-39-41-49-57-65-79(5)6)105-88(93)71-63-55-46-38-32-26-20-18-23-29-35-43-51-59-67-81(8)10-2/h78-84,89H,9-77H2,1-8H3,(H,94,95)(H,96,97)/t80?,81?,82?,83-,84-/m1/s1. The highest BCUT2D eigenvalue weighted by Gasteiger charge is 2.31. The molecule has 0 rings (SSSR count). The van der Waals surface area contributed by atoms with Gasteiger partial charge in [-0.2, -0.15) is 0 Å². The van der Waals surface area contributed by atoms with Crippen molar-refractivity contribution < 1.29 is 80.2 Å². The molecule has 107 heavy (non-hydrogen) atoms. The second kappa shape index (κ2) is 76.7. The summed E-state index contributed by atoms with van der Waals surface area (Å²) < 4.78 is 68.9. The van der Waals surface area contributed by atoms with Gasteiger partial charge in [-0.3, -0.25) is 37.3 Å². The number of aliphatic hydroxyl groups is 1. The van der Waals surface area contributed by atoms with Crippen molar-refractivity contribution in [2.24, 2.45) is 23.7 Å². The van der Waals surface area contributed by atoms with Crippen LogP contribution in [0.15, 0.2) is 0 Å². The Morgan fingerprint density at radius 3 is 0.664 bits per heavy atom. The number of phosphoric acid groups is 2. The number of aliphatic hydroxyl groups excluding tert-OH is 1. The first-order valence-electron chi connectivity index (χ1n) is 45.3. The summed E-state index contributed by atoms with van der Waals surface area (Å²) in [5, 5.41) is 10.7. The number of hydrogen-bond donors (Lipinski definition) is 3. The monoisotopic (exact) mass is 1560 g/mol. The van der Waals surface area contributed by atoms with E-state index in [1.54, 1.807) is 0 Å². The molecular formula is C88H172O17P2. The summed E-state index contributed by atoms with van der Waals surface area (Å²) in [6, 6.07) is 0. The van der Waals surface area contributed by atoms with Gasteiger partial charge in [0.1, 0.15) is 19.3 Å². The van der Waals surface area contributed by atoms with Gasteiger partial charge in [0.2, 0.25) is 0 Å². The summed E-state index contributed by atoms with van der Waals surface area (Å²) in [5.74, 6) is 1.11. The van der Waals surface area contributed by atoms with E-state index in [2.05, 4.69) is 55.4 Å². The average Bonchev–Trinajstić information content (AvgIpc) is 0.899. The minimum absolute atomic E-state index is 0.107. The van der Waals surface area contributed by atoms with E-state index in [0.29, 0.717) is 31.6 Å². The van der Waals surface area contributed by atoms with Crippen LogP contribution in [0, 0.1) is 23.7 Å². The molecule has 7 atom stereocenters. The SMILES string of the molecule is CCC(C)CCCCCCCCCCCCCCCCCCCCC(=O)OC[C@H](COP(=O)(O)OCC(O)COP(=O)(O)OC[C@@H](COC(=O)CCCCCCCCCC(C)C)OC(=O)CCCCCCCCCCCCCCCCC(C)CC)OC(=O)CCCCCCCCCCCCCCCCC(C)C. The maximum atomic E-state index is 13.2. The van der Waals surface area contributed by atoms with Gasteiger partial charge in [-0.15, -0.1) is 0 Å². The van der Waals surface area contributed by atoms with Crippen molar-refractivity contribution in [3.63, 3.8) is 0 Å². The van der Waals surface area contributed by atoms with Crippen LogP contribution in [0.2, 0.25) is 0 Å². The molecule has 0 aromatic carbocycles. The molecule has 0 radical (unpaired) electrons. The molecule has 0 saturated carbocycles. The van der Waals surface area contributed by atoms with Gasteiger partial charge >= 0.3 is 39.5 Å². The Kier molecular flexibility index (Phi) is 75.3. The van der Waals surface area contributed by atoms with E-state index in [1.165, 1.54) is 257 Å². The molecule has 0 aromatic rings. The van der Waals surface area contributed by atoms with Crippen molar-refractivity contribution >= 4 is 39.5 Å². The lowest BCUT2D eigenvalue weighted by Crippen LogP contribution is -2.30. The number of unbranched alkanes of at least 4 members (excludes halogenated alkanes) is 49. The molecule has 636 valence electrons. The van der Waals surface area contributed by atoms with Crippen LogP contribution in [0.25, 0.3) is 0 Å². The lowest BCUT2D eigenvalue weighted by atomic mass is 9.99. The molecule has 0 aliphatic rings. The van der Waals surface area contributed by atoms with Gasteiger partial charge in [0, 0.05) is 25.7 Å². The Labute approximate surface area is 658 Å². The zero-order valence-corrected chi connectivity index (χ0v) is 72.6. The van der Waals surface area contributed by atoms with Gasteiger partial charge < -0.3 is 33.8 Å². The second-order valence-corrected chi connectivity index (χ2v) is 36.0. The number of rotatable bonds is 85. The highest BCUT2D eigenvalue weighted by molar-refractivity contribution is 7.47. The molecule has 0 aliphatic heterocycles. The molecule has 0 heterocycles. The maximum absolute atomic E-state index is 13.2. The third-order valence-electron chi connectivity index (χ3n) is 21.3. The van der Waals surface area contributed by atoms with Crippen molar-refractivity contribution in [3.8, 4) is 0 Å². The smallest absolute Gasteiger partial charge is 0.462 e. The normalized spacial score (nSPS) is 14.4. The molecule has 0 fully saturated rings. The molecule has 0 amide bonds. The topological polar surface area (TPSA) is 237 Å². The number of carbonyl (C=O) groups is 4. The molecule has 0 aliphatic carbocycles. The predicted octanol–water partition coefficient (Wildman–Crippen LogP) is 26.7. The Bertz CT molecular complexity index is 2080. The van der Waals surface area contributed by atoms with Crippen LogP contribution in [-0.4, -0.2) is 96.7 Å². The van der Waals surface area contributed by atoms with Gasteiger partial charge in [-0.1, -0.05) is 409 Å². The summed E-state index contributed by atoms with van der Waals surface area (Å²) in [7, 11) is -9.93. The molecule has 3 N–H and O–H groups in total. The lowest BCUT2D eigenvalue weighted by Gasteiger charge is -2.21. The Hall–Kier alpha value is -1.94. The van der Waals surface area contributed by atoms with E-state index >= 15 is 0 Å². The Morgan fingerprint density at radius 1 is 0.262 bits per heavy atom. The van der Waals surface area contributed by atoms with Gasteiger partial charge in [0.05, 0.1) is 26.4 Å². The molecule has 17 nitrogen and oxygen atoms in total. The largest absolute Gasteiger partial charge is 0.472 e. The second-order valence-electron chi connectivity index (χ2n) is 33.1. The van der Waals surface area contributed by atoms with E-state index in [4.69, 9.17) is 37.0 Å². The maximum Gasteiger partial charge on any atom is 0.472 e. The number of esters is 4. The first kappa shape index (κ1) is 105. The van der Waals surface area contributed by atoms with Crippen LogP contribution in [0.4, 0.5) is 0 Å². The zero-order chi connectivity index (χ0) is 78.8. The molecular weight excluding hydrogens is 1390 g/mol. The van der Waals surface area contributed by atoms with Crippen molar-refractivity contribution in [1.82, 2.24) is 0 Å². The predicted molar refractivity (Wildman–Crippen MR) is 441 cm³/mol. The van der Waals surface area contributed by atoms with Crippen LogP contribution >= 0.6 is 15.6 Å². The number of hydrogen-bond acceptors (Lipinski definition) is 15. The average molecular weight is 1560 g/mol. The van der Waals surface area contributed by atoms with Crippen LogP contribution in [0.1, 0.15) is 460 Å². The zero-order valence-electron chi connectivity index (χ0n) is 70.8. The third kappa shape index (κ3) is 79.1. The lowest BCUT2D eigenvalue weighted by molar-refractivity contribution is -0.161. The van der Waals surface area contributed by atoms with Crippen molar-refractivity contribution in [2.75, 3.05) is 39.6 Å². The van der Waals surface area contributed by atoms with Crippen LogP contribution in [-0.2, 0) is 65.4 Å². The van der Waals surface area contributed by atoms with E-state index in [-0.39, 0.29) is 25.7 Å². The summed E-state index contributed by atoms with van der Waals surface area (Å²) in [6.45, 7) is 14.4. The van der Waals surface area contributed by atoms with Crippen LogP contribution in [0.5, 0.6) is 0 Å². The fourth-order valence-corrected chi connectivity index (χ4v) is 15.2. The number of carbonyl (C=O) groups excluding carboxylic acids is 4. The Balaban J connectivity index is 5.22. The first-order valence-corrected chi connectivity index (χ1v) is 48.3. The van der Waals surface area contributed by atoms with Crippen LogP contribution < -0.4 is 0 Å². The summed E-state index contributed by atoms with van der Waals surface area (Å²) in [6.07, 6.45) is 66.7. The van der Waals surface area contributed by atoms with Crippen molar-refractivity contribution in [3.05, 3.63) is 0 Å². The summed E-state index contributed by atoms with van der Waals surface area (Å²) in [5.41, 5.74) is 0. The van der Waals surface area contributed by atoms with E-state index in [0.717, 1.165) is 114 Å². The molecule has 0 bridgehead atoms. The Morgan fingerprint density at radius 2 is 0.449 bits per heavy atom. The fraction of sp³-hybridized carbons (Fsp3) is 0.955. The number of phosphoric ester groups is 2. The minimum atomic E-state index is -4.97. The van der Waals surface area contributed by atoms with Gasteiger partial charge in [0.15, 0.2) is 12.2 Å². The number of ether oxygens (including phenoxy) is 4. The molecule has 5 unspecified atom stereocenters. The third-order valence-corrected chi connectivity index (χ3v) is 23.2.